The van der Waals surface area contributed by atoms with E-state index in [1.165, 1.54) is 25.2 Å². The predicted octanol–water partition coefficient (Wildman–Crippen LogP) is 3.53. The molecule has 1 aromatic carbocycles. The number of hydrogen-bond donors (Lipinski definition) is 1. The van der Waals surface area contributed by atoms with E-state index in [2.05, 4.69) is 22.2 Å². The second-order valence-electron chi connectivity index (χ2n) is 5.75. The fourth-order valence-corrected chi connectivity index (χ4v) is 2.93. The van der Waals surface area contributed by atoms with Gasteiger partial charge in [-0.3, -0.25) is 10.1 Å². The summed E-state index contributed by atoms with van der Waals surface area (Å²) in [5, 5.41) is 15.2. The van der Waals surface area contributed by atoms with Crippen LogP contribution in [0.3, 0.4) is 0 Å². The number of hydrogen-bond acceptors (Lipinski definition) is 5. The van der Waals surface area contributed by atoms with E-state index in [0.29, 0.717) is 22.8 Å². The van der Waals surface area contributed by atoms with E-state index in [0.717, 1.165) is 18.8 Å². The van der Waals surface area contributed by atoms with Gasteiger partial charge in [-0.25, -0.2) is 9.97 Å². The fraction of sp³-hybridized carbons (Fsp3) is 0.467. The molecule has 2 aromatic rings. The topological polar surface area (TPSA) is 81.0 Å². The number of fused-ring (bicyclic) bond motifs is 1. The molecule has 1 aromatic heterocycles. The van der Waals surface area contributed by atoms with Gasteiger partial charge in [-0.1, -0.05) is 13.0 Å². The van der Waals surface area contributed by atoms with Gasteiger partial charge in [-0.05, 0) is 37.7 Å². The zero-order chi connectivity index (χ0) is 14.8. The predicted molar refractivity (Wildman–Crippen MR) is 81.2 cm³/mol. The maximum absolute atomic E-state index is 11.1. The Kier molecular flexibility index (Phi) is 3.68. The molecule has 1 aliphatic rings. The average Bonchev–Trinajstić information content (AvgIpc) is 2.49. The minimum atomic E-state index is -0.401. The summed E-state index contributed by atoms with van der Waals surface area (Å²) in [4.78, 5) is 19.0. The zero-order valence-electron chi connectivity index (χ0n) is 12.0. The summed E-state index contributed by atoms with van der Waals surface area (Å²) in [5.41, 5.74) is 0.416. The Balaban J connectivity index is 1.92. The summed E-state index contributed by atoms with van der Waals surface area (Å²) in [7, 11) is 0. The lowest BCUT2D eigenvalue weighted by Crippen LogP contribution is -2.25. The smallest absolute Gasteiger partial charge is 0.295 e. The number of nitro benzene ring substituents is 1. The third-order valence-corrected chi connectivity index (χ3v) is 4.20. The van der Waals surface area contributed by atoms with Crippen molar-refractivity contribution in [2.45, 2.75) is 38.6 Å². The molecule has 1 N–H and O–H groups in total. The number of nitrogens with zero attached hydrogens (tertiary/aromatic N) is 3. The SMILES string of the molecule is CC1CCC(Nc2ncnc3c([N+](=O)[O-])cccc23)CC1. The molecule has 1 saturated carbocycles. The number of aromatic nitrogens is 2. The minimum Gasteiger partial charge on any atom is -0.367 e. The van der Waals surface area contributed by atoms with Crippen molar-refractivity contribution in [3.63, 3.8) is 0 Å². The zero-order valence-corrected chi connectivity index (χ0v) is 12.0. The number of para-hydroxylation sites is 1. The third-order valence-electron chi connectivity index (χ3n) is 4.20. The maximum Gasteiger partial charge on any atom is 0.295 e. The van der Waals surface area contributed by atoms with E-state index in [9.17, 15) is 10.1 Å². The van der Waals surface area contributed by atoms with Gasteiger partial charge in [0.25, 0.3) is 5.69 Å². The molecule has 1 heterocycles. The van der Waals surface area contributed by atoms with Crippen LogP contribution in [0.1, 0.15) is 32.6 Å². The maximum atomic E-state index is 11.1. The molecule has 1 aliphatic carbocycles. The van der Waals surface area contributed by atoms with Crippen LogP contribution in [0.5, 0.6) is 0 Å². The highest BCUT2D eigenvalue weighted by molar-refractivity contribution is 5.94. The van der Waals surface area contributed by atoms with E-state index >= 15 is 0 Å². The lowest BCUT2D eigenvalue weighted by atomic mass is 9.87. The lowest BCUT2D eigenvalue weighted by Gasteiger charge is -2.27. The molecule has 21 heavy (non-hydrogen) atoms. The summed E-state index contributed by atoms with van der Waals surface area (Å²) in [6, 6.07) is 5.37. The molecule has 1 fully saturated rings. The highest BCUT2D eigenvalue weighted by Crippen LogP contribution is 2.30. The Morgan fingerprint density at radius 1 is 1.24 bits per heavy atom. The van der Waals surface area contributed by atoms with Gasteiger partial charge in [0.15, 0.2) is 5.52 Å². The summed E-state index contributed by atoms with van der Waals surface area (Å²) in [5.74, 6) is 1.48. The molecule has 0 atom stereocenters. The minimum absolute atomic E-state index is 0.0233. The largest absolute Gasteiger partial charge is 0.367 e. The summed E-state index contributed by atoms with van der Waals surface area (Å²) >= 11 is 0. The van der Waals surface area contributed by atoms with E-state index in [1.807, 2.05) is 6.07 Å². The Bertz CT molecular complexity index is 666. The molecule has 0 bridgehead atoms. The first-order valence-electron chi connectivity index (χ1n) is 7.30. The molecule has 110 valence electrons. The molecule has 3 rings (SSSR count). The Morgan fingerprint density at radius 2 is 2.00 bits per heavy atom. The molecule has 0 radical (unpaired) electrons. The van der Waals surface area contributed by atoms with Crippen LogP contribution in [0.4, 0.5) is 11.5 Å². The van der Waals surface area contributed by atoms with Crippen LogP contribution < -0.4 is 5.32 Å². The first kappa shape index (κ1) is 13.7. The van der Waals surface area contributed by atoms with Crippen LogP contribution in [-0.2, 0) is 0 Å². The van der Waals surface area contributed by atoms with Crippen LogP contribution in [0, 0.1) is 16.0 Å². The first-order valence-corrected chi connectivity index (χ1v) is 7.30. The quantitative estimate of drug-likeness (QED) is 0.689. The molecule has 0 amide bonds. The Morgan fingerprint density at radius 3 is 2.71 bits per heavy atom. The van der Waals surface area contributed by atoms with Gasteiger partial charge in [-0.2, -0.15) is 0 Å². The summed E-state index contributed by atoms with van der Waals surface area (Å²) in [6.45, 7) is 2.28. The molecule has 0 spiro atoms. The van der Waals surface area contributed by atoms with Gasteiger partial charge >= 0.3 is 0 Å². The van der Waals surface area contributed by atoms with Gasteiger partial charge < -0.3 is 5.32 Å². The Hall–Kier alpha value is -2.24. The number of rotatable bonds is 3. The number of anilines is 1. The summed E-state index contributed by atoms with van der Waals surface area (Å²) in [6.07, 6.45) is 6.04. The highest BCUT2D eigenvalue weighted by Gasteiger charge is 2.20. The van der Waals surface area contributed by atoms with E-state index < -0.39 is 4.92 Å². The van der Waals surface area contributed by atoms with Gasteiger partial charge in [-0.15, -0.1) is 0 Å². The van der Waals surface area contributed by atoms with Gasteiger partial charge in [0.1, 0.15) is 12.1 Å². The van der Waals surface area contributed by atoms with Crippen LogP contribution in [0.25, 0.3) is 10.9 Å². The normalized spacial score (nSPS) is 22.1. The number of non-ortho nitro benzene ring substituents is 1. The molecule has 6 heteroatoms. The van der Waals surface area contributed by atoms with Crippen LogP contribution in [-0.4, -0.2) is 20.9 Å². The van der Waals surface area contributed by atoms with Crippen molar-refractivity contribution in [1.29, 1.82) is 0 Å². The van der Waals surface area contributed by atoms with Crippen molar-refractivity contribution >= 4 is 22.4 Å². The number of nitrogens with one attached hydrogen (secondary N) is 1. The van der Waals surface area contributed by atoms with Gasteiger partial charge in [0, 0.05) is 17.5 Å². The molecule has 0 saturated heterocycles. The van der Waals surface area contributed by atoms with Gasteiger partial charge in [0.2, 0.25) is 0 Å². The average molecular weight is 286 g/mol. The molecular formula is C15H18N4O2. The molecule has 0 aliphatic heterocycles. The van der Waals surface area contributed by atoms with Crippen molar-refractivity contribution in [3.05, 3.63) is 34.6 Å². The highest BCUT2D eigenvalue weighted by atomic mass is 16.6. The van der Waals surface area contributed by atoms with Gasteiger partial charge in [0.05, 0.1) is 4.92 Å². The second kappa shape index (κ2) is 5.63. The molecule has 0 unspecified atom stereocenters. The standard InChI is InChI=1S/C15H18N4O2/c1-10-5-7-11(8-6-10)18-15-12-3-2-4-13(19(20)21)14(12)16-9-17-15/h2-4,9-11H,5-8H2,1H3,(H,16,17,18). The lowest BCUT2D eigenvalue weighted by molar-refractivity contribution is -0.383. The Labute approximate surface area is 122 Å². The number of benzene rings is 1. The van der Waals surface area contributed by atoms with E-state index in [4.69, 9.17) is 0 Å². The van der Waals surface area contributed by atoms with E-state index in [-0.39, 0.29) is 5.69 Å². The van der Waals surface area contributed by atoms with Crippen LogP contribution >= 0.6 is 0 Å². The van der Waals surface area contributed by atoms with Crippen molar-refractivity contribution in [3.8, 4) is 0 Å². The van der Waals surface area contributed by atoms with Crippen molar-refractivity contribution in [2.24, 2.45) is 5.92 Å². The third kappa shape index (κ3) is 2.79. The number of nitro groups is 1. The van der Waals surface area contributed by atoms with Crippen molar-refractivity contribution in [1.82, 2.24) is 9.97 Å². The first-order chi connectivity index (χ1) is 10.1. The monoisotopic (exact) mass is 286 g/mol. The van der Waals surface area contributed by atoms with Crippen LogP contribution in [0.2, 0.25) is 0 Å². The molecule has 6 nitrogen and oxygen atoms in total. The van der Waals surface area contributed by atoms with Crippen molar-refractivity contribution in [2.75, 3.05) is 5.32 Å². The second-order valence-corrected chi connectivity index (χ2v) is 5.75. The van der Waals surface area contributed by atoms with E-state index in [1.54, 1.807) is 6.07 Å². The summed E-state index contributed by atoms with van der Waals surface area (Å²) < 4.78 is 0. The van der Waals surface area contributed by atoms with Crippen LogP contribution in [0.15, 0.2) is 24.5 Å². The fourth-order valence-electron chi connectivity index (χ4n) is 2.93. The van der Waals surface area contributed by atoms with Crippen molar-refractivity contribution < 1.29 is 4.92 Å². The molecular weight excluding hydrogens is 268 g/mol.